The first-order chi connectivity index (χ1) is 14.9. The van der Waals surface area contributed by atoms with Crippen molar-refractivity contribution in [1.29, 1.82) is 0 Å². The Labute approximate surface area is 181 Å². The van der Waals surface area contributed by atoms with E-state index >= 15 is 0 Å². The highest BCUT2D eigenvalue weighted by Crippen LogP contribution is 2.30. The highest BCUT2D eigenvalue weighted by molar-refractivity contribution is 5.68. The number of esters is 1. The summed E-state index contributed by atoms with van der Waals surface area (Å²) in [4.78, 5) is 11.0. The van der Waals surface area contributed by atoms with E-state index in [9.17, 15) is 30.3 Å². The third-order valence-corrected chi connectivity index (χ3v) is 5.55. The van der Waals surface area contributed by atoms with Crippen LogP contribution in [-0.2, 0) is 28.5 Å². The van der Waals surface area contributed by atoms with Crippen molar-refractivity contribution in [3.63, 3.8) is 0 Å². The topological polar surface area (TPSA) is 164 Å². The molecule has 2 aliphatic rings. The molecule has 0 radical (unpaired) electrons. The Morgan fingerprint density at radius 1 is 0.806 bits per heavy atom. The van der Waals surface area contributed by atoms with Crippen molar-refractivity contribution in [2.24, 2.45) is 0 Å². The van der Waals surface area contributed by atoms with Crippen molar-refractivity contribution in [3.05, 3.63) is 0 Å². The molecule has 2 rings (SSSR count). The first-order valence-electron chi connectivity index (χ1n) is 10.8. The molecule has 8 atom stereocenters. The Bertz CT molecular complexity index is 519. The molecule has 2 saturated heterocycles. The summed E-state index contributed by atoms with van der Waals surface area (Å²) in [5.41, 5.74) is 0. The predicted molar refractivity (Wildman–Crippen MR) is 105 cm³/mol. The number of hydrogen-bond donors (Lipinski definition) is 5. The smallest absolute Gasteiger partial charge is 0.305 e. The van der Waals surface area contributed by atoms with Gasteiger partial charge < -0.3 is 49.2 Å². The van der Waals surface area contributed by atoms with Gasteiger partial charge in [0, 0.05) is 13.0 Å². The lowest BCUT2D eigenvalue weighted by Gasteiger charge is -2.25. The molecule has 11 heteroatoms. The average molecular weight is 452 g/mol. The second kappa shape index (κ2) is 13.6. The van der Waals surface area contributed by atoms with E-state index in [4.69, 9.17) is 18.9 Å². The second-order valence-corrected chi connectivity index (χ2v) is 7.84. The van der Waals surface area contributed by atoms with Crippen molar-refractivity contribution >= 4 is 5.97 Å². The standard InChI is InChI=1S/C20H36O11/c1-27-14(23)8-6-4-2-3-5-7-9-28-20-18(16(25)13(11-22)30-20)31-19-17(26)15(24)12(10-21)29-19/h12-13,15-22,24-26H,2-11H2,1H3/t12-,13-,15-,16-,17+,18+,19+,20+/m1/s1. The Balaban J connectivity index is 1.70. The van der Waals surface area contributed by atoms with Crippen LogP contribution in [0.1, 0.15) is 44.9 Å². The molecular weight excluding hydrogens is 416 g/mol. The normalized spacial score (nSPS) is 35.5. The minimum atomic E-state index is -1.41. The van der Waals surface area contributed by atoms with E-state index in [0.717, 1.165) is 38.5 Å². The summed E-state index contributed by atoms with van der Waals surface area (Å²) in [6.07, 6.45) is -3.32. The first-order valence-corrected chi connectivity index (χ1v) is 10.8. The van der Waals surface area contributed by atoms with Crippen LogP contribution in [0.2, 0.25) is 0 Å². The van der Waals surface area contributed by atoms with Gasteiger partial charge in [-0.3, -0.25) is 4.79 Å². The minimum Gasteiger partial charge on any atom is -0.469 e. The van der Waals surface area contributed by atoms with Gasteiger partial charge in [-0.1, -0.05) is 25.7 Å². The summed E-state index contributed by atoms with van der Waals surface area (Å²) in [6, 6.07) is 0. The van der Waals surface area contributed by atoms with E-state index in [2.05, 4.69) is 4.74 Å². The number of carbonyl (C=O) groups is 1. The highest BCUT2D eigenvalue weighted by Gasteiger charge is 2.50. The van der Waals surface area contributed by atoms with Crippen LogP contribution in [-0.4, -0.2) is 108 Å². The van der Waals surface area contributed by atoms with E-state index in [0.29, 0.717) is 13.0 Å². The minimum absolute atomic E-state index is 0.193. The summed E-state index contributed by atoms with van der Waals surface area (Å²) >= 11 is 0. The van der Waals surface area contributed by atoms with Crippen LogP contribution >= 0.6 is 0 Å². The molecule has 11 nitrogen and oxygen atoms in total. The fraction of sp³-hybridized carbons (Fsp3) is 0.950. The number of ether oxygens (including phenoxy) is 5. The monoisotopic (exact) mass is 452 g/mol. The lowest BCUT2D eigenvalue weighted by molar-refractivity contribution is -0.246. The molecule has 31 heavy (non-hydrogen) atoms. The Hall–Kier alpha value is -0.890. The largest absolute Gasteiger partial charge is 0.469 e. The van der Waals surface area contributed by atoms with Crippen molar-refractivity contribution in [2.75, 3.05) is 26.9 Å². The number of unbranched alkanes of at least 4 members (excludes halogenated alkanes) is 5. The number of carbonyl (C=O) groups excluding carboxylic acids is 1. The van der Waals surface area contributed by atoms with Crippen LogP contribution in [0.4, 0.5) is 0 Å². The molecule has 0 spiro atoms. The zero-order valence-electron chi connectivity index (χ0n) is 17.9. The lowest BCUT2D eigenvalue weighted by atomic mass is 10.1. The summed E-state index contributed by atoms with van der Waals surface area (Å²) in [5.74, 6) is -0.193. The highest BCUT2D eigenvalue weighted by atomic mass is 16.8. The van der Waals surface area contributed by atoms with Gasteiger partial charge in [-0.05, 0) is 12.8 Å². The van der Waals surface area contributed by atoms with Gasteiger partial charge in [-0.25, -0.2) is 0 Å². The van der Waals surface area contributed by atoms with E-state index in [1.54, 1.807) is 0 Å². The average Bonchev–Trinajstić information content (AvgIpc) is 3.22. The fourth-order valence-electron chi connectivity index (χ4n) is 3.65. The van der Waals surface area contributed by atoms with Gasteiger partial charge in [0.15, 0.2) is 12.6 Å². The molecule has 0 aromatic carbocycles. The van der Waals surface area contributed by atoms with Gasteiger partial charge in [0.05, 0.1) is 20.3 Å². The molecule has 0 saturated carbocycles. The zero-order chi connectivity index (χ0) is 22.8. The van der Waals surface area contributed by atoms with Crippen LogP contribution in [0.3, 0.4) is 0 Å². The van der Waals surface area contributed by atoms with Crippen LogP contribution in [0, 0.1) is 0 Å². The number of aliphatic hydroxyl groups is 5. The molecule has 2 fully saturated rings. The van der Waals surface area contributed by atoms with Crippen molar-refractivity contribution in [2.45, 2.75) is 94.1 Å². The van der Waals surface area contributed by atoms with Gasteiger partial charge in [0.25, 0.3) is 0 Å². The second-order valence-electron chi connectivity index (χ2n) is 7.84. The summed E-state index contributed by atoms with van der Waals surface area (Å²) in [5, 5.41) is 48.8. The summed E-state index contributed by atoms with van der Waals surface area (Å²) in [6.45, 7) is -0.598. The van der Waals surface area contributed by atoms with E-state index in [1.807, 2.05) is 0 Å². The van der Waals surface area contributed by atoms with Crippen LogP contribution < -0.4 is 0 Å². The zero-order valence-corrected chi connectivity index (χ0v) is 17.9. The van der Waals surface area contributed by atoms with Crippen molar-refractivity contribution < 1.29 is 54.0 Å². The van der Waals surface area contributed by atoms with Crippen LogP contribution in [0.5, 0.6) is 0 Å². The molecule has 0 unspecified atom stereocenters. The molecule has 2 aliphatic heterocycles. The molecule has 0 bridgehead atoms. The maximum atomic E-state index is 11.0. The van der Waals surface area contributed by atoms with E-state index in [1.165, 1.54) is 7.11 Å². The molecular formula is C20H36O11. The number of aliphatic hydroxyl groups excluding tert-OH is 5. The summed E-state index contributed by atoms with van der Waals surface area (Å²) < 4.78 is 26.7. The first kappa shape index (κ1) is 26.4. The number of hydrogen-bond acceptors (Lipinski definition) is 11. The van der Waals surface area contributed by atoms with Crippen LogP contribution in [0.15, 0.2) is 0 Å². The van der Waals surface area contributed by atoms with E-state index < -0.39 is 62.4 Å². The molecule has 0 aliphatic carbocycles. The van der Waals surface area contributed by atoms with E-state index in [-0.39, 0.29) is 5.97 Å². The molecule has 2 heterocycles. The third-order valence-electron chi connectivity index (χ3n) is 5.55. The third kappa shape index (κ3) is 7.58. The molecule has 0 aromatic heterocycles. The lowest BCUT2D eigenvalue weighted by Crippen LogP contribution is -2.43. The maximum absolute atomic E-state index is 11.0. The number of rotatable bonds is 14. The van der Waals surface area contributed by atoms with Crippen molar-refractivity contribution in [3.8, 4) is 0 Å². The molecule has 0 aromatic rings. The molecule has 5 N–H and O–H groups in total. The van der Waals surface area contributed by atoms with Crippen molar-refractivity contribution in [1.82, 2.24) is 0 Å². The predicted octanol–water partition coefficient (Wildman–Crippen LogP) is -1.19. The van der Waals surface area contributed by atoms with Gasteiger partial charge >= 0.3 is 5.97 Å². The van der Waals surface area contributed by atoms with Gasteiger partial charge in [0.2, 0.25) is 0 Å². The number of methoxy groups -OCH3 is 1. The quantitative estimate of drug-likeness (QED) is 0.159. The molecule has 182 valence electrons. The fourth-order valence-corrected chi connectivity index (χ4v) is 3.65. The van der Waals surface area contributed by atoms with Gasteiger partial charge in [-0.2, -0.15) is 0 Å². The Kier molecular flexibility index (Phi) is 11.6. The Morgan fingerprint density at radius 3 is 2.00 bits per heavy atom. The van der Waals surface area contributed by atoms with Crippen LogP contribution in [0.25, 0.3) is 0 Å². The maximum Gasteiger partial charge on any atom is 0.305 e. The van der Waals surface area contributed by atoms with Gasteiger partial charge in [-0.15, -0.1) is 0 Å². The van der Waals surface area contributed by atoms with Gasteiger partial charge in [0.1, 0.15) is 36.6 Å². The Morgan fingerprint density at radius 2 is 1.39 bits per heavy atom. The summed E-state index contributed by atoms with van der Waals surface area (Å²) in [7, 11) is 1.38. The SMILES string of the molecule is COC(=O)CCCCCCCCO[C@H]1O[C@H](CO)[C@@H](O)[C@@H]1O[C@@H]1O[C@H](CO)[C@@H](O)[C@@H]1O. The molecule has 0 amide bonds.